The molecule has 3 atom stereocenters. The number of pyridine rings is 1. The first-order valence-corrected chi connectivity index (χ1v) is 10.0. The molecule has 152 valence electrons. The SMILES string of the molecule is C[C@@H](OCc1ccccc1)[C@@H]1NC(=O)[C@H]2CN(Cc3ccccn3)CCN2C1=O. The van der Waals surface area contributed by atoms with Gasteiger partial charge in [-0.3, -0.25) is 19.5 Å². The van der Waals surface area contributed by atoms with E-state index in [1.807, 2.05) is 55.5 Å². The van der Waals surface area contributed by atoms with Gasteiger partial charge < -0.3 is 15.0 Å². The lowest BCUT2D eigenvalue weighted by Crippen LogP contribution is -2.71. The van der Waals surface area contributed by atoms with Crippen LogP contribution < -0.4 is 5.32 Å². The molecule has 3 heterocycles. The van der Waals surface area contributed by atoms with E-state index in [2.05, 4.69) is 15.2 Å². The average Bonchev–Trinajstić information content (AvgIpc) is 2.76. The second-order valence-electron chi connectivity index (χ2n) is 7.59. The van der Waals surface area contributed by atoms with Gasteiger partial charge in [-0.1, -0.05) is 36.4 Å². The number of benzene rings is 1. The molecule has 0 bridgehead atoms. The smallest absolute Gasteiger partial charge is 0.248 e. The largest absolute Gasteiger partial charge is 0.371 e. The Labute approximate surface area is 170 Å². The molecular weight excluding hydrogens is 368 g/mol. The number of carbonyl (C=O) groups excluding carboxylic acids is 2. The highest BCUT2D eigenvalue weighted by molar-refractivity contribution is 5.97. The third kappa shape index (κ3) is 4.46. The van der Waals surface area contributed by atoms with Gasteiger partial charge in [-0.15, -0.1) is 0 Å². The number of ether oxygens (including phenoxy) is 1. The summed E-state index contributed by atoms with van der Waals surface area (Å²) in [5, 5.41) is 2.89. The van der Waals surface area contributed by atoms with Crippen molar-refractivity contribution >= 4 is 11.8 Å². The molecule has 0 spiro atoms. The number of nitrogens with one attached hydrogen (secondary N) is 1. The molecule has 2 aliphatic rings. The molecule has 0 unspecified atom stereocenters. The quantitative estimate of drug-likeness (QED) is 0.797. The van der Waals surface area contributed by atoms with Crippen LogP contribution in [0.4, 0.5) is 0 Å². The van der Waals surface area contributed by atoms with E-state index in [9.17, 15) is 9.59 Å². The second-order valence-corrected chi connectivity index (χ2v) is 7.59. The molecule has 4 rings (SSSR count). The first-order chi connectivity index (χ1) is 14.1. The first kappa shape index (κ1) is 19.5. The fraction of sp³-hybridized carbons (Fsp3) is 0.409. The van der Waals surface area contributed by atoms with Crippen LogP contribution in [-0.2, 0) is 27.5 Å². The molecule has 2 amide bonds. The minimum absolute atomic E-state index is 0.0624. The second kappa shape index (κ2) is 8.71. The molecule has 1 N–H and O–H groups in total. The normalized spacial score (nSPS) is 23.4. The molecule has 1 aromatic carbocycles. The van der Waals surface area contributed by atoms with Gasteiger partial charge in [0.15, 0.2) is 0 Å². The van der Waals surface area contributed by atoms with Crippen molar-refractivity contribution in [2.45, 2.75) is 38.3 Å². The number of amides is 2. The zero-order valence-electron chi connectivity index (χ0n) is 16.5. The maximum Gasteiger partial charge on any atom is 0.248 e. The summed E-state index contributed by atoms with van der Waals surface area (Å²) in [6.07, 6.45) is 1.36. The van der Waals surface area contributed by atoms with Crippen LogP contribution in [0.1, 0.15) is 18.2 Å². The molecule has 2 saturated heterocycles. The summed E-state index contributed by atoms with van der Waals surface area (Å²) >= 11 is 0. The predicted molar refractivity (Wildman–Crippen MR) is 108 cm³/mol. The van der Waals surface area contributed by atoms with Crippen molar-refractivity contribution in [3.63, 3.8) is 0 Å². The number of carbonyl (C=O) groups is 2. The monoisotopic (exact) mass is 394 g/mol. The number of hydrogen-bond acceptors (Lipinski definition) is 5. The molecule has 0 saturated carbocycles. The molecule has 1 aromatic heterocycles. The van der Waals surface area contributed by atoms with Gasteiger partial charge in [-0.2, -0.15) is 0 Å². The van der Waals surface area contributed by atoms with Gasteiger partial charge >= 0.3 is 0 Å². The van der Waals surface area contributed by atoms with Gasteiger partial charge in [0.05, 0.1) is 18.4 Å². The molecule has 7 nitrogen and oxygen atoms in total. The minimum atomic E-state index is -0.648. The minimum Gasteiger partial charge on any atom is -0.371 e. The molecule has 2 aromatic rings. The highest BCUT2D eigenvalue weighted by Crippen LogP contribution is 2.20. The number of rotatable bonds is 6. The van der Waals surface area contributed by atoms with Crippen molar-refractivity contribution < 1.29 is 14.3 Å². The Hall–Kier alpha value is -2.77. The Morgan fingerprint density at radius 3 is 2.69 bits per heavy atom. The molecule has 0 aliphatic carbocycles. The summed E-state index contributed by atoms with van der Waals surface area (Å²) in [5.41, 5.74) is 2.00. The van der Waals surface area contributed by atoms with Gasteiger partial charge in [0.25, 0.3) is 0 Å². The summed E-state index contributed by atoms with van der Waals surface area (Å²) < 4.78 is 5.89. The average molecular weight is 394 g/mol. The van der Waals surface area contributed by atoms with Crippen molar-refractivity contribution in [3.8, 4) is 0 Å². The Bertz CT molecular complexity index is 846. The highest BCUT2D eigenvalue weighted by atomic mass is 16.5. The van der Waals surface area contributed by atoms with Crippen LogP contribution in [0, 0.1) is 0 Å². The highest BCUT2D eigenvalue weighted by Gasteiger charge is 2.45. The third-order valence-electron chi connectivity index (χ3n) is 5.55. The van der Waals surface area contributed by atoms with Crippen LogP contribution in [0.2, 0.25) is 0 Å². The molecule has 2 fully saturated rings. The van der Waals surface area contributed by atoms with Crippen molar-refractivity contribution in [3.05, 3.63) is 66.0 Å². The number of hydrogen-bond donors (Lipinski definition) is 1. The van der Waals surface area contributed by atoms with Crippen LogP contribution in [0.5, 0.6) is 0 Å². The summed E-state index contributed by atoms with van der Waals surface area (Å²) in [5.74, 6) is -0.178. The predicted octanol–water partition coefficient (Wildman–Crippen LogP) is 1.20. The maximum absolute atomic E-state index is 13.0. The van der Waals surface area contributed by atoms with E-state index in [-0.39, 0.29) is 11.8 Å². The lowest BCUT2D eigenvalue weighted by Gasteiger charge is -2.46. The zero-order valence-corrected chi connectivity index (χ0v) is 16.5. The molecule has 2 aliphatic heterocycles. The Morgan fingerprint density at radius 1 is 1.14 bits per heavy atom. The van der Waals surface area contributed by atoms with Crippen molar-refractivity contribution in [1.29, 1.82) is 0 Å². The van der Waals surface area contributed by atoms with E-state index >= 15 is 0 Å². The Balaban J connectivity index is 1.36. The number of fused-ring (bicyclic) bond motifs is 1. The van der Waals surface area contributed by atoms with Crippen LogP contribution in [0.25, 0.3) is 0 Å². The van der Waals surface area contributed by atoms with Gasteiger partial charge in [-0.25, -0.2) is 0 Å². The van der Waals surface area contributed by atoms with E-state index < -0.39 is 18.2 Å². The summed E-state index contributed by atoms with van der Waals surface area (Å²) in [7, 11) is 0. The number of piperazine rings is 2. The molecular formula is C22H26N4O3. The standard InChI is InChI=1S/C22H26N4O3/c1-16(29-15-17-7-3-2-4-8-17)20-22(28)26-12-11-25(14-19(26)21(27)24-20)13-18-9-5-6-10-23-18/h2-10,16,19-20H,11-15H2,1H3,(H,24,27)/t16-,19-,20+/m1/s1. The maximum atomic E-state index is 13.0. The first-order valence-electron chi connectivity index (χ1n) is 10.0. The van der Waals surface area contributed by atoms with Gasteiger partial charge in [0.1, 0.15) is 12.1 Å². The summed E-state index contributed by atoms with van der Waals surface area (Å²) in [6, 6.07) is 14.5. The molecule has 7 heteroatoms. The van der Waals surface area contributed by atoms with Crippen molar-refractivity contribution in [2.75, 3.05) is 19.6 Å². The van der Waals surface area contributed by atoms with Gasteiger partial charge in [0, 0.05) is 32.4 Å². The van der Waals surface area contributed by atoms with Crippen LogP contribution >= 0.6 is 0 Å². The van der Waals surface area contributed by atoms with E-state index in [4.69, 9.17) is 4.74 Å². The summed E-state index contributed by atoms with van der Waals surface area (Å²) in [4.78, 5) is 34.0. The van der Waals surface area contributed by atoms with Crippen LogP contribution in [0.3, 0.4) is 0 Å². The lowest BCUT2D eigenvalue weighted by molar-refractivity contribution is -0.157. The van der Waals surface area contributed by atoms with Gasteiger partial charge in [0.2, 0.25) is 11.8 Å². The van der Waals surface area contributed by atoms with Crippen LogP contribution in [0.15, 0.2) is 54.7 Å². The molecule has 0 radical (unpaired) electrons. The molecule has 29 heavy (non-hydrogen) atoms. The van der Waals surface area contributed by atoms with Crippen LogP contribution in [-0.4, -0.2) is 64.4 Å². The number of aromatic nitrogens is 1. The van der Waals surface area contributed by atoms with Crippen molar-refractivity contribution in [2.24, 2.45) is 0 Å². The zero-order chi connectivity index (χ0) is 20.2. The van der Waals surface area contributed by atoms with E-state index in [0.717, 1.165) is 17.8 Å². The van der Waals surface area contributed by atoms with E-state index in [0.29, 0.717) is 26.2 Å². The Kier molecular flexibility index (Phi) is 5.87. The topological polar surface area (TPSA) is 74.8 Å². The van der Waals surface area contributed by atoms with Crippen molar-refractivity contribution in [1.82, 2.24) is 20.1 Å². The van der Waals surface area contributed by atoms with E-state index in [1.54, 1.807) is 11.1 Å². The lowest BCUT2D eigenvalue weighted by atomic mass is 10.0. The third-order valence-corrected chi connectivity index (χ3v) is 5.55. The fourth-order valence-electron chi connectivity index (χ4n) is 3.90. The number of nitrogens with zero attached hydrogens (tertiary/aromatic N) is 3. The summed E-state index contributed by atoms with van der Waals surface area (Å²) in [6.45, 7) is 4.68. The van der Waals surface area contributed by atoms with E-state index in [1.165, 1.54) is 0 Å². The Morgan fingerprint density at radius 2 is 1.93 bits per heavy atom. The van der Waals surface area contributed by atoms with Gasteiger partial charge in [-0.05, 0) is 24.6 Å². The fourth-order valence-corrected chi connectivity index (χ4v) is 3.90.